The van der Waals surface area contributed by atoms with Crippen molar-refractivity contribution in [1.82, 2.24) is 15.6 Å². The van der Waals surface area contributed by atoms with Gasteiger partial charge in [0.15, 0.2) is 0 Å². The predicted molar refractivity (Wildman–Crippen MR) is 83.1 cm³/mol. The zero-order valence-corrected chi connectivity index (χ0v) is 12.2. The number of allylic oxidation sites excluding steroid dienone is 1. The van der Waals surface area contributed by atoms with Crippen LogP contribution < -0.4 is 10.6 Å². The number of para-hydroxylation sites is 1. The van der Waals surface area contributed by atoms with Crippen molar-refractivity contribution in [2.75, 3.05) is 13.1 Å². The van der Waals surface area contributed by atoms with Gasteiger partial charge in [-0.15, -0.1) is 0 Å². The minimum absolute atomic E-state index is 0.144. The molecule has 0 aliphatic heterocycles. The molecule has 0 aliphatic rings. The second kappa shape index (κ2) is 6.74. The Morgan fingerprint density at radius 3 is 2.57 bits per heavy atom. The van der Waals surface area contributed by atoms with Gasteiger partial charge in [0.1, 0.15) is 5.69 Å². The van der Waals surface area contributed by atoms with Crippen LogP contribution >= 0.6 is 0 Å². The van der Waals surface area contributed by atoms with Gasteiger partial charge in [0, 0.05) is 30.1 Å². The van der Waals surface area contributed by atoms with Crippen LogP contribution in [-0.4, -0.2) is 29.9 Å². The second-order valence-corrected chi connectivity index (χ2v) is 5.04. The molecule has 110 valence electrons. The highest BCUT2D eigenvalue weighted by atomic mass is 16.2. The van der Waals surface area contributed by atoms with Crippen molar-refractivity contribution in [3.05, 3.63) is 47.7 Å². The van der Waals surface area contributed by atoms with E-state index >= 15 is 0 Å². The second-order valence-electron chi connectivity index (χ2n) is 5.04. The van der Waals surface area contributed by atoms with Crippen molar-refractivity contribution in [3.8, 4) is 0 Å². The maximum absolute atomic E-state index is 12.0. The zero-order chi connectivity index (χ0) is 15.2. The van der Waals surface area contributed by atoms with Crippen LogP contribution in [0.5, 0.6) is 0 Å². The Balaban J connectivity index is 1.82. The first-order chi connectivity index (χ1) is 10.1. The average Bonchev–Trinajstić information content (AvgIpc) is 2.86. The van der Waals surface area contributed by atoms with Crippen molar-refractivity contribution >= 4 is 22.7 Å². The molecule has 2 amide bonds. The Labute approximate surface area is 123 Å². The summed E-state index contributed by atoms with van der Waals surface area (Å²) in [5.41, 5.74) is 2.39. The number of rotatable bonds is 5. The number of H-pyrrole nitrogens is 1. The fraction of sp³-hybridized carbons (Fsp3) is 0.250. The summed E-state index contributed by atoms with van der Waals surface area (Å²) in [5.74, 6) is -0.322. The van der Waals surface area contributed by atoms with E-state index in [2.05, 4.69) is 15.6 Å². The quantitative estimate of drug-likeness (QED) is 0.580. The van der Waals surface area contributed by atoms with Gasteiger partial charge in [0.05, 0.1) is 0 Å². The summed E-state index contributed by atoms with van der Waals surface area (Å²) in [6.45, 7) is 4.50. The van der Waals surface area contributed by atoms with Gasteiger partial charge >= 0.3 is 0 Å². The van der Waals surface area contributed by atoms with E-state index in [1.165, 1.54) is 6.08 Å². The lowest BCUT2D eigenvalue weighted by Crippen LogP contribution is -2.34. The predicted octanol–water partition coefficient (Wildman–Crippen LogP) is 1.98. The molecule has 0 saturated heterocycles. The van der Waals surface area contributed by atoms with Crippen molar-refractivity contribution in [3.63, 3.8) is 0 Å². The highest BCUT2D eigenvalue weighted by molar-refractivity contribution is 5.98. The maximum Gasteiger partial charge on any atom is 0.267 e. The molecule has 0 bridgehead atoms. The van der Waals surface area contributed by atoms with Crippen LogP contribution in [0.25, 0.3) is 10.9 Å². The molecule has 1 aromatic heterocycles. The third-order valence-electron chi connectivity index (χ3n) is 2.90. The summed E-state index contributed by atoms with van der Waals surface area (Å²) >= 11 is 0. The van der Waals surface area contributed by atoms with Crippen LogP contribution in [0.2, 0.25) is 0 Å². The van der Waals surface area contributed by atoms with Crippen LogP contribution in [0.4, 0.5) is 0 Å². The summed E-state index contributed by atoms with van der Waals surface area (Å²) in [5, 5.41) is 6.47. The lowest BCUT2D eigenvalue weighted by atomic mass is 10.2. The number of aromatic nitrogens is 1. The van der Waals surface area contributed by atoms with E-state index in [1.807, 2.05) is 44.2 Å². The fourth-order valence-corrected chi connectivity index (χ4v) is 1.97. The van der Waals surface area contributed by atoms with Crippen molar-refractivity contribution in [2.24, 2.45) is 0 Å². The lowest BCUT2D eigenvalue weighted by Gasteiger charge is -2.04. The molecule has 0 aliphatic carbocycles. The molecule has 2 aromatic rings. The van der Waals surface area contributed by atoms with Gasteiger partial charge in [-0.1, -0.05) is 23.8 Å². The number of hydrogen-bond acceptors (Lipinski definition) is 2. The highest BCUT2D eigenvalue weighted by Crippen LogP contribution is 2.14. The van der Waals surface area contributed by atoms with E-state index in [9.17, 15) is 9.59 Å². The van der Waals surface area contributed by atoms with Gasteiger partial charge in [0.25, 0.3) is 5.91 Å². The van der Waals surface area contributed by atoms with Crippen LogP contribution in [0, 0.1) is 0 Å². The summed E-state index contributed by atoms with van der Waals surface area (Å²) in [6.07, 6.45) is 1.53. The monoisotopic (exact) mass is 285 g/mol. The van der Waals surface area contributed by atoms with E-state index < -0.39 is 0 Å². The number of carbonyl (C=O) groups excluding carboxylic acids is 2. The summed E-state index contributed by atoms with van der Waals surface area (Å²) in [6, 6.07) is 9.52. The fourth-order valence-electron chi connectivity index (χ4n) is 1.97. The Kier molecular flexibility index (Phi) is 4.77. The smallest absolute Gasteiger partial charge is 0.267 e. The molecule has 0 fully saturated rings. The summed E-state index contributed by atoms with van der Waals surface area (Å²) < 4.78 is 0. The average molecular weight is 285 g/mol. The molecular weight excluding hydrogens is 266 g/mol. The number of aromatic amines is 1. The van der Waals surface area contributed by atoms with Crippen molar-refractivity contribution in [2.45, 2.75) is 13.8 Å². The topological polar surface area (TPSA) is 74.0 Å². The van der Waals surface area contributed by atoms with Gasteiger partial charge in [-0.3, -0.25) is 9.59 Å². The number of carbonyl (C=O) groups is 2. The Bertz CT molecular complexity index is 649. The van der Waals surface area contributed by atoms with Gasteiger partial charge in [-0.25, -0.2) is 0 Å². The molecule has 0 atom stereocenters. The molecule has 1 heterocycles. The van der Waals surface area contributed by atoms with Crippen LogP contribution in [0.3, 0.4) is 0 Å². The molecule has 2 rings (SSSR count). The zero-order valence-electron chi connectivity index (χ0n) is 12.2. The van der Waals surface area contributed by atoms with Crippen LogP contribution in [0.1, 0.15) is 24.3 Å². The molecule has 3 N–H and O–H groups in total. The SMILES string of the molecule is CC(C)=CC(=O)NCCNC(=O)c1cc2ccccc2[nH]1. The van der Waals surface area contributed by atoms with Crippen LogP contribution in [0.15, 0.2) is 42.0 Å². The first-order valence-corrected chi connectivity index (χ1v) is 6.85. The van der Waals surface area contributed by atoms with E-state index in [4.69, 9.17) is 0 Å². The molecule has 5 nitrogen and oxygen atoms in total. The maximum atomic E-state index is 12.0. The van der Waals surface area contributed by atoms with Gasteiger partial charge in [-0.05, 0) is 26.0 Å². The lowest BCUT2D eigenvalue weighted by molar-refractivity contribution is -0.116. The van der Waals surface area contributed by atoms with Gasteiger partial charge in [-0.2, -0.15) is 0 Å². The van der Waals surface area contributed by atoms with E-state index in [0.29, 0.717) is 18.8 Å². The minimum Gasteiger partial charge on any atom is -0.351 e. The molecule has 1 aromatic carbocycles. The molecule has 21 heavy (non-hydrogen) atoms. The molecule has 0 unspecified atom stereocenters. The van der Waals surface area contributed by atoms with E-state index in [0.717, 1.165) is 16.5 Å². The number of hydrogen-bond donors (Lipinski definition) is 3. The first-order valence-electron chi connectivity index (χ1n) is 6.85. The Morgan fingerprint density at radius 2 is 1.86 bits per heavy atom. The number of benzene rings is 1. The summed E-state index contributed by atoms with van der Waals surface area (Å²) in [4.78, 5) is 26.4. The Morgan fingerprint density at radius 1 is 1.14 bits per heavy atom. The Hall–Kier alpha value is -2.56. The van der Waals surface area contributed by atoms with Gasteiger partial charge in [0.2, 0.25) is 5.91 Å². The third-order valence-corrected chi connectivity index (χ3v) is 2.90. The first kappa shape index (κ1) is 14.8. The molecular formula is C16H19N3O2. The normalized spacial score (nSPS) is 10.2. The van der Waals surface area contributed by atoms with Crippen molar-refractivity contribution < 1.29 is 9.59 Å². The molecule has 5 heteroatoms. The number of fused-ring (bicyclic) bond motifs is 1. The largest absolute Gasteiger partial charge is 0.351 e. The van der Waals surface area contributed by atoms with Gasteiger partial charge < -0.3 is 15.6 Å². The van der Waals surface area contributed by atoms with Crippen LogP contribution in [-0.2, 0) is 4.79 Å². The van der Waals surface area contributed by atoms with E-state index in [-0.39, 0.29) is 11.8 Å². The highest BCUT2D eigenvalue weighted by Gasteiger charge is 2.08. The van der Waals surface area contributed by atoms with E-state index in [1.54, 1.807) is 0 Å². The molecule has 0 saturated carbocycles. The van der Waals surface area contributed by atoms with Crippen molar-refractivity contribution in [1.29, 1.82) is 0 Å². The number of nitrogens with one attached hydrogen (secondary N) is 3. The third kappa shape index (κ3) is 4.21. The minimum atomic E-state index is -0.178. The molecule has 0 radical (unpaired) electrons. The molecule has 0 spiro atoms. The summed E-state index contributed by atoms with van der Waals surface area (Å²) in [7, 11) is 0. The standard InChI is InChI=1S/C16H19N3O2/c1-11(2)9-15(20)17-7-8-18-16(21)14-10-12-5-3-4-6-13(12)19-14/h3-6,9-10,19H,7-8H2,1-2H3,(H,17,20)(H,18,21). The number of amides is 2.